The molecule has 1 amide bonds. The van der Waals surface area contributed by atoms with Gasteiger partial charge in [0, 0.05) is 0 Å². The van der Waals surface area contributed by atoms with Gasteiger partial charge >= 0.3 is 5.51 Å². The largest absolute Gasteiger partial charge is 0.501 e. The van der Waals surface area contributed by atoms with Crippen molar-refractivity contribution in [2.75, 3.05) is 12.4 Å². The molecule has 2 aromatic carbocycles. The minimum absolute atomic E-state index is 0.00192. The number of para-hydroxylation sites is 1. The van der Waals surface area contributed by atoms with E-state index >= 15 is 0 Å². The van der Waals surface area contributed by atoms with Crippen LogP contribution >= 0.6 is 0 Å². The summed E-state index contributed by atoms with van der Waals surface area (Å²) in [6.45, 7) is -0.292. The summed E-state index contributed by atoms with van der Waals surface area (Å²) in [5.74, 6) is -0.659. The third kappa shape index (κ3) is 3.63. The Kier molecular flexibility index (Phi) is 4.98. The maximum atomic E-state index is 12.8. The summed E-state index contributed by atoms with van der Waals surface area (Å²) in [6.07, 6.45) is 0. The highest BCUT2D eigenvalue weighted by molar-refractivity contribution is 7.92. The van der Waals surface area contributed by atoms with E-state index in [1.807, 2.05) is 0 Å². The number of amides is 1. The topological polar surface area (TPSA) is 103 Å². The molecule has 0 saturated carbocycles. The number of sulfone groups is 1. The quantitative estimate of drug-likeness (QED) is 0.688. The van der Waals surface area contributed by atoms with Crippen LogP contribution in [0.25, 0.3) is 11.0 Å². The Morgan fingerprint density at radius 2 is 1.93 bits per heavy atom. The number of aromatic nitrogens is 3. The third-order valence-electron chi connectivity index (χ3n) is 3.77. The van der Waals surface area contributed by atoms with E-state index in [-0.39, 0.29) is 18.0 Å². The number of nitrogens with one attached hydrogen (secondary N) is 1. The van der Waals surface area contributed by atoms with Gasteiger partial charge in [0.2, 0.25) is 5.91 Å². The van der Waals surface area contributed by atoms with Crippen LogP contribution in [0.1, 0.15) is 0 Å². The van der Waals surface area contributed by atoms with Crippen molar-refractivity contribution < 1.29 is 31.1 Å². The molecule has 0 fully saturated rings. The van der Waals surface area contributed by atoms with Crippen LogP contribution in [0.3, 0.4) is 0 Å². The molecule has 0 atom stereocenters. The zero-order valence-electron chi connectivity index (χ0n) is 14.3. The molecule has 0 unspecified atom stereocenters. The Balaban J connectivity index is 1.88. The van der Waals surface area contributed by atoms with E-state index in [9.17, 15) is 26.4 Å². The van der Waals surface area contributed by atoms with Gasteiger partial charge in [-0.05, 0) is 30.3 Å². The summed E-state index contributed by atoms with van der Waals surface area (Å²) in [6, 6.07) is 9.35. The maximum absolute atomic E-state index is 12.8. The van der Waals surface area contributed by atoms with Gasteiger partial charge in [0.25, 0.3) is 9.84 Å². The van der Waals surface area contributed by atoms with E-state index in [0.717, 1.165) is 12.1 Å². The van der Waals surface area contributed by atoms with Gasteiger partial charge in [-0.3, -0.25) is 4.79 Å². The fourth-order valence-electron chi connectivity index (χ4n) is 2.45. The number of halogens is 3. The summed E-state index contributed by atoms with van der Waals surface area (Å²) < 4.78 is 67.8. The highest BCUT2D eigenvalue weighted by Gasteiger charge is 2.47. The van der Waals surface area contributed by atoms with Gasteiger partial charge in [0.05, 0.1) is 23.2 Å². The molecule has 0 spiro atoms. The summed E-state index contributed by atoms with van der Waals surface area (Å²) in [7, 11) is -4.34. The van der Waals surface area contributed by atoms with Crippen molar-refractivity contribution in [1.82, 2.24) is 15.0 Å². The number of ether oxygens (including phenoxy) is 1. The highest BCUT2D eigenvalue weighted by Crippen LogP contribution is 2.34. The average Bonchev–Trinajstić information content (AvgIpc) is 3.03. The Labute approximate surface area is 156 Å². The van der Waals surface area contributed by atoms with Gasteiger partial charge in [0.15, 0.2) is 0 Å². The first-order chi connectivity index (χ1) is 13.1. The molecule has 0 aliphatic rings. The number of hydrogen-bond donors (Lipinski definition) is 1. The Morgan fingerprint density at radius 3 is 2.61 bits per heavy atom. The first-order valence-electron chi connectivity index (χ1n) is 7.71. The molecule has 0 aliphatic carbocycles. The van der Waals surface area contributed by atoms with Crippen molar-refractivity contribution in [2.45, 2.75) is 16.9 Å². The number of hydrogen-bond acceptors (Lipinski definition) is 6. The monoisotopic (exact) mass is 414 g/mol. The average molecular weight is 414 g/mol. The van der Waals surface area contributed by atoms with Crippen molar-refractivity contribution >= 4 is 32.5 Å². The number of anilines is 1. The molecule has 0 aliphatic heterocycles. The Morgan fingerprint density at radius 1 is 1.21 bits per heavy atom. The van der Waals surface area contributed by atoms with E-state index in [1.54, 1.807) is 24.3 Å². The van der Waals surface area contributed by atoms with Gasteiger partial charge in [-0.15, -0.1) is 5.10 Å². The predicted molar refractivity (Wildman–Crippen MR) is 92.4 cm³/mol. The molecule has 0 saturated heterocycles. The molecule has 0 bridgehead atoms. The van der Waals surface area contributed by atoms with Crippen LogP contribution in [-0.4, -0.2) is 41.9 Å². The lowest BCUT2D eigenvalue weighted by Gasteiger charge is -2.13. The van der Waals surface area contributed by atoms with Gasteiger partial charge in [0.1, 0.15) is 17.8 Å². The number of benzene rings is 2. The standard InChI is InChI=1S/C16H13F3N4O4S/c1-27-14-7-6-10(28(25,26)16(17,18)19)8-12(14)20-15(24)9-23-13-5-3-2-4-11(13)21-22-23/h2-8H,9H2,1H3,(H,20,24). The molecular formula is C16H13F3N4O4S. The number of nitrogens with zero attached hydrogens (tertiary/aromatic N) is 3. The highest BCUT2D eigenvalue weighted by atomic mass is 32.2. The van der Waals surface area contributed by atoms with Gasteiger partial charge in [-0.2, -0.15) is 13.2 Å². The molecular weight excluding hydrogens is 401 g/mol. The fourth-order valence-corrected chi connectivity index (χ4v) is 3.23. The number of carbonyl (C=O) groups excluding carboxylic acids is 1. The summed E-state index contributed by atoms with van der Waals surface area (Å²) in [4.78, 5) is 11.3. The molecule has 0 radical (unpaired) electrons. The number of fused-ring (bicyclic) bond motifs is 1. The van der Waals surface area contributed by atoms with E-state index in [0.29, 0.717) is 17.1 Å². The summed E-state index contributed by atoms with van der Waals surface area (Å²) >= 11 is 0. The van der Waals surface area contributed by atoms with E-state index in [1.165, 1.54) is 11.8 Å². The first kappa shape index (κ1) is 19.6. The van der Waals surface area contributed by atoms with Crippen LogP contribution in [0.5, 0.6) is 5.75 Å². The molecule has 8 nitrogen and oxygen atoms in total. The lowest BCUT2D eigenvalue weighted by Crippen LogP contribution is -2.24. The van der Waals surface area contributed by atoms with Crippen molar-refractivity contribution in [3.05, 3.63) is 42.5 Å². The van der Waals surface area contributed by atoms with Gasteiger partial charge in [-0.1, -0.05) is 17.3 Å². The van der Waals surface area contributed by atoms with E-state index in [2.05, 4.69) is 15.6 Å². The SMILES string of the molecule is COc1ccc(S(=O)(=O)C(F)(F)F)cc1NC(=O)Cn1nnc2ccccc21. The molecule has 1 N–H and O–H groups in total. The smallest absolute Gasteiger partial charge is 0.495 e. The molecule has 28 heavy (non-hydrogen) atoms. The van der Waals surface area contributed by atoms with Crippen LogP contribution in [0.4, 0.5) is 18.9 Å². The third-order valence-corrected chi connectivity index (χ3v) is 5.26. The maximum Gasteiger partial charge on any atom is 0.501 e. The van der Waals surface area contributed by atoms with Crippen LogP contribution in [0.2, 0.25) is 0 Å². The lowest BCUT2D eigenvalue weighted by molar-refractivity contribution is -0.116. The Hall–Kier alpha value is -3.15. The van der Waals surface area contributed by atoms with Crippen LogP contribution in [-0.2, 0) is 21.2 Å². The number of alkyl halides is 3. The molecule has 148 valence electrons. The number of rotatable bonds is 5. The minimum Gasteiger partial charge on any atom is -0.495 e. The van der Waals surface area contributed by atoms with Crippen molar-refractivity contribution in [3.63, 3.8) is 0 Å². The zero-order chi connectivity index (χ0) is 20.5. The second kappa shape index (κ2) is 7.11. The van der Waals surface area contributed by atoms with Crippen molar-refractivity contribution in [3.8, 4) is 5.75 Å². The molecule has 3 aromatic rings. The van der Waals surface area contributed by atoms with Crippen LogP contribution < -0.4 is 10.1 Å². The number of methoxy groups -OCH3 is 1. The molecule has 12 heteroatoms. The fraction of sp³-hybridized carbons (Fsp3) is 0.188. The summed E-state index contributed by atoms with van der Waals surface area (Å²) in [5, 5.41) is 10.1. The number of carbonyl (C=O) groups is 1. The minimum atomic E-state index is -5.57. The summed E-state index contributed by atoms with van der Waals surface area (Å²) in [5.41, 5.74) is -4.55. The zero-order valence-corrected chi connectivity index (χ0v) is 15.1. The Bertz CT molecular complexity index is 1140. The molecule has 3 rings (SSSR count). The first-order valence-corrected chi connectivity index (χ1v) is 9.19. The van der Waals surface area contributed by atoms with Crippen molar-refractivity contribution in [1.29, 1.82) is 0 Å². The molecule has 1 heterocycles. The van der Waals surface area contributed by atoms with E-state index < -0.39 is 26.1 Å². The van der Waals surface area contributed by atoms with Gasteiger partial charge < -0.3 is 10.1 Å². The van der Waals surface area contributed by atoms with Crippen LogP contribution in [0, 0.1) is 0 Å². The van der Waals surface area contributed by atoms with Gasteiger partial charge in [-0.25, -0.2) is 13.1 Å². The second-order valence-corrected chi connectivity index (χ2v) is 7.54. The lowest BCUT2D eigenvalue weighted by atomic mass is 10.3. The predicted octanol–water partition coefficient (Wildman–Crippen LogP) is 2.37. The van der Waals surface area contributed by atoms with Crippen molar-refractivity contribution in [2.24, 2.45) is 0 Å². The van der Waals surface area contributed by atoms with Crippen LogP contribution in [0.15, 0.2) is 47.4 Å². The molecule has 1 aromatic heterocycles. The normalized spacial score (nSPS) is 12.1. The van der Waals surface area contributed by atoms with E-state index in [4.69, 9.17) is 4.74 Å². The second-order valence-electron chi connectivity index (χ2n) is 5.60.